The molecule has 5 rings (SSSR count). The second-order valence-corrected chi connectivity index (χ2v) is 7.96. The minimum atomic E-state index is -0.232. The molecule has 0 radical (unpaired) electrons. The zero-order valence-electron chi connectivity index (χ0n) is 14.1. The maximum absolute atomic E-state index is 12.8. The van der Waals surface area contributed by atoms with E-state index in [1.165, 1.54) is 11.8 Å². The van der Waals surface area contributed by atoms with E-state index in [9.17, 15) is 9.59 Å². The topological polar surface area (TPSA) is 85.3 Å². The van der Waals surface area contributed by atoms with Gasteiger partial charge in [0.05, 0.1) is 22.6 Å². The van der Waals surface area contributed by atoms with Crippen LogP contribution in [0.25, 0.3) is 0 Å². The van der Waals surface area contributed by atoms with Crippen molar-refractivity contribution in [2.75, 3.05) is 17.9 Å². The highest BCUT2D eigenvalue weighted by Crippen LogP contribution is 2.44. The van der Waals surface area contributed by atoms with Crippen molar-refractivity contribution >= 4 is 23.5 Å². The average Bonchev–Trinajstić information content (AvgIpc) is 3.34. The zero-order valence-corrected chi connectivity index (χ0v) is 14.9. The summed E-state index contributed by atoms with van der Waals surface area (Å²) in [6.45, 7) is 0.209. The Bertz CT molecular complexity index is 929. The summed E-state index contributed by atoms with van der Waals surface area (Å²) in [6.07, 6.45) is 4.34. The summed E-state index contributed by atoms with van der Waals surface area (Å²) in [7, 11) is 0. The Morgan fingerprint density at radius 2 is 1.92 bits per heavy atom. The van der Waals surface area contributed by atoms with Crippen molar-refractivity contribution in [1.29, 1.82) is 0 Å². The van der Waals surface area contributed by atoms with Gasteiger partial charge in [0.15, 0.2) is 11.5 Å². The van der Waals surface area contributed by atoms with Gasteiger partial charge in [0.2, 0.25) is 12.7 Å². The van der Waals surface area contributed by atoms with Crippen molar-refractivity contribution in [3.8, 4) is 11.5 Å². The maximum atomic E-state index is 12.8. The zero-order chi connectivity index (χ0) is 17.7. The number of amides is 1. The molecule has 1 amide bonds. The van der Waals surface area contributed by atoms with Crippen molar-refractivity contribution in [1.82, 2.24) is 9.78 Å². The number of hydrogen-bond donors (Lipinski definition) is 2. The number of nitrogens with one attached hydrogen (secondary N) is 2. The smallest absolute Gasteiger partial charge is 0.270 e. The van der Waals surface area contributed by atoms with Gasteiger partial charge in [-0.25, -0.2) is 0 Å². The average molecular weight is 373 g/mol. The lowest BCUT2D eigenvalue weighted by molar-refractivity contribution is -0.113. The number of ether oxygens (including phenoxy) is 2. The fourth-order valence-corrected chi connectivity index (χ4v) is 5.13. The number of rotatable bonds is 2. The van der Waals surface area contributed by atoms with E-state index in [0.29, 0.717) is 28.6 Å². The van der Waals surface area contributed by atoms with Crippen LogP contribution >= 0.6 is 11.8 Å². The minimum Gasteiger partial charge on any atom is -0.454 e. The molecule has 1 aromatic carbocycles. The van der Waals surface area contributed by atoms with Crippen LogP contribution in [0.3, 0.4) is 0 Å². The third kappa shape index (κ3) is 2.51. The van der Waals surface area contributed by atoms with Gasteiger partial charge in [-0.05, 0) is 30.5 Å². The fraction of sp³-hybridized carbons (Fsp3) is 0.444. The van der Waals surface area contributed by atoms with Crippen LogP contribution in [0.5, 0.6) is 11.5 Å². The van der Waals surface area contributed by atoms with Crippen LogP contribution in [-0.2, 0) is 4.79 Å². The molecule has 8 heteroatoms. The van der Waals surface area contributed by atoms with E-state index in [2.05, 4.69) is 10.4 Å². The molecule has 0 unspecified atom stereocenters. The largest absolute Gasteiger partial charge is 0.454 e. The number of nitrogens with zero attached hydrogens (tertiary/aromatic N) is 1. The minimum absolute atomic E-state index is 0.0785. The van der Waals surface area contributed by atoms with Crippen molar-refractivity contribution < 1.29 is 14.3 Å². The second-order valence-electron chi connectivity index (χ2n) is 6.86. The Hall–Kier alpha value is -2.35. The highest BCUT2D eigenvalue weighted by Gasteiger charge is 2.33. The summed E-state index contributed by atoms with van der Waals surface area (Å²) in [5.41, 5.74) is 1.42. The summed E-state index contributed by atoms with van der Waals surface area (Å²) in [6, 6.07) is 5.95. The van der Waals surface area contributed by atoms with Gasteiger partial charge >= 0.3 is 0 Å². The summed E-state index contributed by atoms with van der Waals surface area (Å²) in [4.78, 5) is 25.1. The Kier molecular flexibility index (Phi) is 3.74. The number of carbonyl (C=O) groups excluding carboxylic acids is 1. The summed E-state index contributed by atoms with van der Waals surface area (Å²) < 4.78 is 12.7. The lowest BCUT2D eigenvalue weighted by Gasteiger charge is -2.17. The van der Waals surface area contributed by atoms with Gasteiger partial charge in [-0.15, -0.1) is 11.8 Å². The molecule has 0 saturated heterocycles. The van der Waals surface area contributed by atoms with Gasteiger partial charge in [-0.2, -0.15) is 0 Å². The third-order valence-electron chi connectivity index (χ3n) is 5.25. The first kappa shape index (κ1) is 15.9. The Balaban J connectivity index is 1.62. The highest BCUT2D eigenvalue weighted by molar-refractivity contribution is 8.00. The molecule has 1 aromatic heterocycles. The number of benzene rings is 1. The number of thioether (sulfide) groups is 1. The van der Waals surface area contributed by atoms with Crippen molar-refractivity contribution in [3.05, 3.63) is 39.7 Å². The van der Waals surface area contributed by atoms with Crippen LogP contribution in [0, 0.1) is 0 Å². The monoisotopic (exact) mass is 373 g/mol. The molecule has 2 aromatic rings. The van der Waals surface area contributed by atoms with Crippen molar-refractivity contribution in [2.24, 2.45) is 0 Å². The summed E-state index contributed by atoms with van der Waals surface area (Å²) in [5, 5.41) is 5.70. The van der Waals surface area contributed by atoms with E-state index in [1.54, 1.807) is 0 Å². The quantitative estimate of drug-likeness (QED) is 0.846. The molecule has 1 fully saturated rings. The highest BCUT2D eigenvalue weighted by atomic mass is 32.2. The van der Waals surface area contributed by atoms with Crippen LogP contribution in [0.1, 0.15) is 48.1 Å². The maximum Gasteiger partial charge on any atom is 0.270 e. The van der Waals surface area contributed by atoms with Gasteiger partial charge in [0, 0.05) is 0 Å². The summed E-state index contributed by atoms with van der Waals surface area (Å²) >= 11 is 1.46. The van der Waals surface area contributed by atoms with Crippen molar-refractivity contribution in [2.45, 2.75) is 37.0 Å². The van der Waals surface area contributed by atoms with E-state index in [1.807, 2.05) is 22.9 Å². The van der Waals surface area contributed by atoms with Crippen LogP contribution in [0.15, 0.2) is 23.0 Å². The van der Waals surface area contributed by atoms with E-state index < -0.39 is 0 Å². The predicted octanol–water partition coefficient (Wildman–Crippen LogP) is 2.79. The van der Waals surface area contributed by atoms with Crippen LogP contribution in [0.4, 0.5) is 5.82 Å². The third-order valence-corrected chi connectivity index (χ3v) is 6.52. The molecule has 2 aliphatic heterocycles. The standard InChI is InChI=1S/C18H19N3O4S/c22-14-8-26-16(10-5-6-12-13(7-10)25-9-24-12)15-17(19-14)21(20-18(15)23)11-3-1-2-4-11/h5-7,11,16H,1-4,8-9H2,(H,19,22)(H,20,23)/t16-/m0/s1. The molecular weight excluding hydrogens is 354 g/mol. The number of anilines is 1. The number of carbonyl (C=O) groups is 1. The van der Waals surface area contributed by atoms with Crippen LogP contribution in [-0.4, -0.2) is 28.2 Å². The van der Waals surface area contributed by atoms with Gasteiger partial charge < -0.3 is 14.8 Å². The molecule has 26 heavy (non-hydrogen) atoms. The van der Waals surface area contributed by atoms with Gasteiger partial charge in [-0.1, -0.05) is 18.9 Å². The molecule has 1 atom stereocenters. The first-order valence-electron chi connectivity index (χ1n) is 8.86. The lowest BCUT2D eigenvalue weighted by Crippen LogP contribution is -2.18. The lowest BCUT2D eigenvalue weighted by atomic mass is 10.1. The molecule has 0 bridgehead atoms. The number of aromatic amines is 1. The SMILES string of the molecule is O=C1CS[C@@H](c2ccc3c(c2)OCO3)c2c(n(C3CCCC3)[nH]c2=O)N1. The fourth-order valence-electron chi connectivity index (χ4n) is 4.02. The number of hydrogen-bond acceptors (Lipinski definition) is 5. The predicted molar refractivity (Wildman–Crippen MR) is 98.1 cm³/mol. The molecule has 1 saturated carbocycles. The second kappa shape index (κ2) is 6.12. The van der Waals surface area contributed by atoms with E-state index in [0.717, 1.165) is 31.2 Å². The molecular formula is C18H19N3O4S. The van der Waals surface area contributed by atoms with E-state index in [4.69, 9.17) is 9.47 Å². The first-order chi connectivity index (χ1) is 12.7. The molecule has 7 nitrogen and oxygen atoms in total. The van der Waals surface area contributed by atoms with Crippen LogP contribution < -0.4 is 20.3 Å². The Morgan fingerprint density at radius 3 is 2.77 bits per heavy atom. The molecule has 136 valence electrons. The number of aromatic nitrogens is 2. The van der Waals surface area contributed by atoms with Gasteiger partial charge in [0.1, 0.15) is 5.82 Å². The molecule has 3 heterocycles. The Morgan fingerprint density at radius 1 is 1.12 bits per heavy atom. The van der Waals surface area contributed by atoms with Crippen molar-refractivity contribution in [3.63, 3.8) is 0 Å². The number of fused-ring (bicyclic) bond motifs is 2. The first-order valence-corrected chi connectivity index (χ1v) is 9.91. The van der Waals surface area contributed by atoms with Crippen LogP contribution in [0.2, 0.25) is 0 Å². The van der Waals surface area contributed by atoms with Gasteiger partial charge in [-0.3, -0.25) is 19.4 Å². The molecule has 3 aliphatic rings. The normalized spacial score (nSPS) is 22.2. The molecule has 2 N–H and O–H groups in total. The van der Waals surface area contributed by atoms with E-state index in [-0.39, 0.29) is 29.6 Å². The van der Waals surface area contributed by atoms with Gasteiger partial charge in [0.25, 0.3) is 5.56 Å². The van der Waals surface area contributed by atoms with E-state index >= 15 is 0 Å². The molecule has 1 aliphatic carbocycles. The Labute approximate surface area is 154 Å². The summed E-state index contributed by atoms with van der Waals surface area (Å²) in [5.74, 6) is 2.24. The molecule has 0 spiro atoms. The number of H-pyrrole nitrogens is 1.